The van der Waals surface area contributed by atoms with Gasteiger partial charge in [-0.2, -0.15) is 18.2 Å². The molecule has 14 heteroatoms. The predicted molar refractivity (Wildman–Crippen MR) is 124 cm³/mol. The van der Waals surface area contributed by atoms with Crippen LogP contribution in [0, 0.1) is 0 Å². The second kappa shape index (κ2) is 9.57. The maximum absolute atomic E-state index is 13.4. The van der Waals surface area contributed by atoms with E-state index in [0.717, 1.165) is 23.9 Å². The Morgan fingerprint density at radius 3 is 2.56 bits per heavy atom. The number of thioether (sulfide) groups is 1. The lowest BCUT2D eigenvalue weighted by atomic mass is 10.1. The number of alkyl halides is 3. The largest absolute Gasteiger partial charge is 0.444 e. The van der Waals surface area contributed by atoms with E-state index in [4.69, 9.17) is 16.3 Å². The molecule has 0 aliphatic carbocycles. The number of sulfone groups is 1. The molecule has 2 atom stereocenters. The normalized spacial score (nSPS) is 23.1. The quantitative estimate of drug-likeness (QED) is 0.617. The molecule has 8 nitrogen and oxygen atoms in total. The number of amides is 2. The highest BCUT2D eigenvalue weighted by molar-refractivity contribution is 8.16. The van der Waals surface area contributed by atoms with Gasteiger partial charge >= 0.3 is 12.3 Å². The fraction of sp³-hybridized carbons (Fsp3) is 0.550. The number of hydrogen-bond donors (Lipinski definition) is 1. The highest BCUT2D eigenvalue weighted by Gasteiger charge is 2.49. The van der Waals surface area contributed by atoms with Gasteiger partial charge in [-0.25, -0.2) is 13.2 Å². The molecule has 3 rings (SSSR count). The van der Waals surface area contributed by atoms with Gasteiger partial charge in [0.25, 0.3) is 0 Å². The van der Waals surface area contributed by atoms with Crippen molar-refractivity contribution in [1.29, 1.82) is 0 Å². The number of nitrogens with one attached hydrogen (secondary N) is 1. The third-order valence-corrected chi connectivity index (χ3v) is 8.37. The molecule has 0 bridgehead atoms. The number of carbonyl (C=O) groups is 2. The molecule has 0 spiro atoms. The molecule has 2 saturated heterocycles. The van der Waals surface area contributed by atoms with Crippen molar-refractivity contribution in [2.75, 3.05) is 23.0 Å². The number of benzene rings is 1. The van der Waals surface area contributed by atoms with Crippen molar-refractivity contribution in [3.8, 4) is 0 Å². The maximum atomic E-state index is 13.4. The number of amidine groups is 1. The standard InChI is InChI=1S/C20H23ClF3N3O5S2/c1-19(2,3)32-18(29)25-7-6-16(28)26-17-27(14-9-34(30,31)10-15(14)33-17)11-4-5-13(21)12(8-11)20(22,23)24/h4-5,8,14-15H,6-7,9-10H2,1-3H3,(H,25,29). The molecule has 2 amide bonds. The van der Waals surface area contributed by atoms with Crippen LogP contribution in [0.4, 0.5) is 23.7 Å². The molecule has 34 heavy (non-hydrogen) atoms. The Morgan fingerprint density at radius 2 is 1.94 bits per heavy atom. The van der Waals surface area contributed by atoms with Crippen LogP contribution in [0.3, 0.4) is 0 Å². The molecule has 2 fully saturated rings. The number of ether oxygens (including phenoxy) is 1. The first kappa shape index (κ1) is 26.6. The second-order valence-electron chi connectivity index (χ2n) is 8.80. The first-order valence-corrected chi connectivity index (χ1v) is 13.2. The average molecular weight is 542 g/mol. The fourth-order valence-corrected chi connectivity index (χ4v) is 7.65. The van der Waals surface area contributed by atoms with Crippen molar-refractivity contribution in [2.24, 2.45) is 4.99 Å². The summed E-state index contributed by atoms with van der Waals surface area (Å²) in [6, 6.07) is 2.55. The minimum atomic E-state index is -4.72. The topological polar surface area (TPSA) is 105 Å². The Balaban J connectivity index is 1.82. The van der Waals surface area contributed by atoms with Gasteiger partial charge in [-0.15, -0.1) is 0 Å². The summed E-state index contributed by atoms with van der Waals surface area (Å²) in [7, 11) is -3.40. The molecule has 0 aromatic heterocycles. The first-order chi connectivity index (χ1) is 15.6. The number of alkyl carbamates (subject to hydrolysis) is 1. The van der Waals surface area contributed by atoms with E-state index >= 15 is 0 Å². The molecule has 188 valence electrons. The number of hydrogen-bond acceptors (Lipinski definition) is 6. The highest BCUT2D eigenvalue weighted by atomic mass is 35.5. The van der Waals surface area contributed by atoms with E-state index < -0.39 is 55.5 Å². The number of halogens is 4. The van der Waals surface area contributed by atoms with Crippen molar-refractivity contribution in [3.63, 3.8) is 0 Å². The van der Waals surface area contributed by atoms with E-state index in [1.165, 1.54) is 11.0 Å². The Labute approximate surface area is 204 Å². The van der Waals surface area contributed by atoms with Gasteiger partial charge in [-0.05, 0) is 39.0 Å². The Bertz CT molecular complexity index is 1120. The van der Waals surface area contributed by atoms with Crippen LogP contribution in [0.15, 0.2) is 23.2 Å². The van der Waals surface area contributed by atoms with E-state index in [2.05, 4.69) is 10.3 Å². The molecule has 2 aliphatic rings. The lowest BCUT2D eigenvalue weighted by Gasteiger charge is -2.25. The van der Waals surface area contributed by atoms with E-state index in [-0.39, 0.29) is 35.3 Å². The average Bonchev–Trinajstić information content (AvgIpc) is 3.10. The van der Waals surface area contributed by atoms with E-state index in [1.54, 1.807) is 20.8 Å². The summed E-state index contributed by atoms with van der Waals surface area (Å²) in [5, 5.41) is 1.54. The van der Waals surface area contributed by atoms with Gasteiger partial charge < -0.3 is 15.0 Å². The van der Waals surface area contributed by atoms with Crippen LogP contribution in [0.1, 0.15) is 32.8 Å². The van der Waals surface area contributed by atoms with Crippen LogP contribution < -0.4 is 10.2 Å². The molecule has 2 unspecified atom stereocenters. The predicted octanol–water partition coefficient (Wildman–Crippen LogP) is 3.88. The third-order valence-electron chi connectivity index (χ3n) is 4.83. The van der Waals surface area contributed by atoms with Crippen LogP contribution in [0.25, 0.3) is 0 Å². The number of rotatable bonds is 4. The van der Waals surface area contributed by atoms with Crippen LogP contribution in [-0.4, -0.2) is 60.5 Å². The SMILES string of the molecule is CC(C)(C)OC(=O)NCCC(=O)N=C1SC2CS(=O)(=O)CC2N1c1ccc(Cl)c(C(F)(F)F)c1. The Morgan fingerprint density at radius 1 is 1.26 bits per heavy atom. The molecule has 1 N–H and O–H groups in total. The molecular formula is C20H23ClF3N3O5S2. The number of nitrogens with zero attached hydrogens (tertiary/aromatic N) is 2. The smallest absolute Gasteiger partial charge is 0.417 e. The van der Waals surface area contributed by atoms with Crippen LogP contribution in [0.5, 0.6) is 0 Å². The van der Waals surface area contributed by atoms with Gasteiger partial charge in [-0.3, -0.25) is 4.79 Å². The van der Waals surface area contributed by atoms with Crippen molar-refractivity contribution < 1.29 is 35.9 Å². The maximum Gasteiger partial charge on any atom is 0.417 e. The zero-order chi connectivity index (χ0) is 25.5. The van der Waals surface area contributed by atoms with Gasteiger partial charge in [0.2, 0.25) is 5.91 Å². The summed E-state index contributed by atoms with van der Waals surface area (Å²) in [4.78, 5) is 29.5. The van der Waals surface area contributed by atoms with Gasteiger partial charge in [0, 0.05) is 23.9 Å². The summed E-state index contributed by atoms with van der Waals surface area (Å²) in [5.41, 5.74) is -1.75. The minimum absolute atomic E-state index is 0.0345. The first-order valence-electron chi connectivity index (χ1n) is 10.2. The zero-order valence-electron chi connectivity index (χ0n) is 18.5. The second-order valence-corrected chi connectivity index (χ2v) is 12.6. The summed E-state index contributed by atoms with van der Waals surface area (Å²) < 4.78 is 69.5. The Hall–Kier alpha value is -1.99. The molecular weight excluding hydrogens is 519 g/mol. The fourth-order valence-electron chi connectivity index (χ4n) is 3.50. The molecule has 0 saturated carbocycles. The van der Waals surface area contributed by atoms with Crippen LogP contribution in [-0.2, 0) is 25.5 Å². The highest BCUT2D eigenvalue weighted by Crippen LogP contribution is 2.43. The van der Waals surface area contributed by atoms with Gasteiger partial charge in [0.1, 0.15) is 5.60 Å². The van der Waals surface area contributed by atoms with Crippen LogP contribution >= 0.6 is 23.4 Å². The lowest BCUT2D eigenvalue weighted by Crippen LogP contribution is -2.38. The van der Waals surface area contributed by atoms with Crippen molar-refractivity contribution >= 4 is 56.1 Å². The van der Waals surface area contributed by atoms with E-state index in [9.17, 15) is 31.2 Å². The van der Waals surface area contributed by atoms with Crippen molar-refractivity contribution in [2.45, 2.75) is 50.3 Å². The molecule has 2 aliphatic heterocycles. The third kappa shape index (κ3) is 6.57. The molecule has 0 radical (unpaired) electrons. The summed E-state index contributed by atoms with van der Waals surface area (Å²) >= 11 is 6.75. The lowest BCUT2D eigenvalue weighted by molar-refractivity contribution is -0.137. The van der Waals surface area contributed by atoms with E-state index in [1.807, 2.05) is 0 Å². The number of anilines is 1. The summed E-state index contributed by atoms with van der Waals surface area (Å²) in [5.74, 6) is -1.08. The van der Waals surface area contributed by atoms with Crippen molar-refractivity contribution in [1.82, 2.24) is 5.32 Å². The summed E-state index contributed by atoms with van der Waals surface area (Å²) in [6.45, 7) is 5.00. The van der Waals surface area contributed by atoms with E-state index in [0.29, 0.717) is 0 Å². The molecule has 1 aromatic carbocycles. The summed E-state index contributed by atoms with van der Waals surface area (Å²) in [6.07, 6.45) is -5.61. The van der Waals surface area contributed by atoms with Crippen molar-refractivity contribution in [3.05, 3.63) is 28.8 Å². The van der Waals surface area contributed by atoms with Gasteiger partial charge in [0.05, 0.1) is 28.1 Å². The minimum Gasteiger partial charge on any atom is -0.444 e. The number of fused-ring (bicyclic) bond motifs is 1. The molecule has 1 aromatic rings. The van der Waals surface area contributed by atoms with Gasteiger partial charge in [-0.1, -0.05) is 23.4 Å². The Kier molecular flexibility index (Phi) is 7.49. The molecule has 2 heterocycles. The monoisotopic (exact) mass is 541 g/mol. The van der Waals surface area contributed by atoms with Gasteiger partial charge in [0.15, 0.2) is 15.0 Å². The zero-order valence-corrected chi connectivity index (χ0v) is 20.9. The number of carbonyl (C=O) groups excluding carboxylic acids is 2. The van der Waals surface area contributed by atoms with Crippen LogP contribution in [0.2, 0.25) is 5.02 Å². The number of aliphatic imine (C=N–C) groups is 1.